The predicted octanol–water partition coefficient (Wildman–Crippen LogP) is 4.74. The van der Waals surface area contributed by atoms with E-state index in [0.717, 1.165) is 27.7 Å². The number of benzene rings is 3. The van der Waals surface area contributed by atoms with Crippen molar-refractivity contribution in [3.8, 4) is 0 Å². The Morgan fingerprint density at radius 1 is 0.973 bits per heavy atom. The molecule has 0 bridgehead atoms. The summed E-state index contributed by atoms with van der Waals surface area (Å²) >= 11 is 0. The average Bonchev–Trinajstić information content (AvgIpc) is 3.33. The number of hydrogen-bond acceptors (Lipinski definition) is 4. The third kappa shape index (κ3) is 5.40. The van der Waals surface area contributed by atoms with Gasteiger partial charge in [0.1, 0.15) is 5.82 Å². The molecule has 0 spiro atoms. The predicted molar refractivity (Wildman–Crippen MR) is 149 cm³/mol. The summed E-state index contributed by atoms with van der Waals surface area (Å²) in [6.07, 6.45) is 3.54. The average molecular weight is 494 g/mol. The third-order valence-electron chi connectivity index (χ3n) is 6.79. The highest BCUT2D eigenvalue weighted by molar-refractivity contribution is 5.84. The minimum absolute atomic E-state index is 0.00909. The maximum Gasteiger partial charge on any atom is 0.258 e. The Balaban J connectivity index is 1.27. The highest BCUT2D eigenvalue weighted by atomic mass is 16.1. The molecule has 2 heterocycles. The number of fused-ring (bicyclic) bond motifs is 2. The number of aromatic nitrogens is 3. The van der Waals surface area contributed by atoms with E-state index in [9.17, 15) is 9.59 Å². The van der Waals surface area contributed by atoms with Crippen LogP contribution in [0.2, 0.25) is 0 Å². The van der Waals surface area contributed by atoms with Gasteiger partial charge in [-0.3, -0.25) is 9.59 Å². The van der Waals surface area contributed by atoms with E-state index in [-0.39, 0.29) is 17.4 Å². The molecule has 1 unspecified atom stereocenters. The lowest BCUT2D eigenvalue weighted by molar-refractivity contribution is -0.121. The second-order valence-electron chi connectivity index (χ2n) is 9.52. The van der Waals surface area contributed by atoms with Crippen molar-refractivity contribution in [3.63, 3.8) is 0 Å². The van der Waals surface area contributed by atoms with Gasteiger partial charge in [0.05, 0.1) is 10.9 Å². The molecule has 0 aliphatic carbocycles. The Morgan fingerprint density at radius 3 is 2.49 bits per heavy atom. The summed E-state index contributed by atoms with van der Waals surface area (Å²) in [4.78, 5) is 37.9. The van der Waals surface area contributed by atoms with Gasteiger partial charge in [0.2, 0.25) is 5.91 Å². The van der Waals surface area contributed by atoms with Gasteiger partial charge < -0.3 is 20.2 Å². The first kappa shape index (κ1) is 24.3. The van der Waals surface area contributed by atoms with E-state index in [2.05, 4.69) is 61.6 Å². The molecule has 0 saturated heterocycles. The lowest BCUT2D eigenvalue weighted by Gasteiger charge is -2.20. The second kappa shape index (κ2) is 10.7. The number of carbonyl (C=O) groups excluding carboxylic acids is 1. The maximum atomic E-state index is 12.8. The standard InChI is InChI=1S/C30H31N5O2/c1-35(2)21-16-14-20(15-17-21)24(25-19-31-26-10-5-3-8-22(25)26)18-32-29(36)13-7-12-28-33-27-11-6-4-9-23(27)30(37)34-28/h3-6,8-11,14-17,19,24,31H,7,12-13,18H2,1-2H3,(H,32,36)(H,33,34,37). The number of nitrogens with zero attached hydrogens (tertiary/aromatic N) is 2. The van der Waals surface area contributed by atoms with E-state index in [1.807, 2.05) is 50.6 Å². The van der Waals surface area contributed by atoms with Gasteiger partial charge in [-0.2, -0.15) is 0 Å². The Kier molecular flexibility index (Phi) is 7.03. The molecule has 5 aromatic rings. The second-order valence-corrected chi connectivity index (χ2v) is 9.52. The number of hydrogen-bond donors (Lipinski definition) is 3. The Labute approximate surface area is 215 Å². The van der Waals surface area contributed by atoms with Crippen molar-refractivity contribution in [2.75, 3.05) is 25.5 Å². The van der Waals surface area contributed by atoms with Crippen molar-refractivity contribution in [1.82, 2.24) is 20.3 Å². The van der Waals surface area contributed by atoms with Crippen molar-refractivity contribution in [1.29, 1.82) is 0 Å². The molecule has 188 valence electrons. The monoisotopic (exact) mass is 493 g/mol. The van der Waals surface area contributed by atoms with E-state index < -0.39 is 0 Å². The van der Waals surface area contributed by atoms with Gasteiger partial charge >= 0.3 is 0 Å². The molecule has 0 aliphatic rings. The van der Waals surface area contributed by atoms with Crippen molar-refractivity contribution >= 4 is 33.4 Å². The summed E-state index contributed by atoms with van der Waals surface area (Å²) in [5.41, 5.74) is 5.04. The number of aryl methyl sites for hydroxylation is 1. The summed E-state index contributed by atoms with van der Waals surface area (Å²) in [5.74, 6) is 0.599. The van der Waals surface area contributed by atoms with Crippen LogP contribution in [0.4, 0.5) is 5.69 Å². The molecule has 3 N–H and O–H groups in total. The highest BCUT2D eigenvalue weighted by Gasteiger charge is 2.19. The third-order valence-corrected chi connectivity index (χ3v) is 6.79. The SMILES string of the molecule is CN(C)c1ccc(C(CNC(=O)CCCc2nc3ccccc3c(=O)[nH]2)c2c[nH]c3ccccc23)cc1. The van der Waals surface area contributed by atoms with Crippen molar-refractivity contribution in [2.24, 2.45) is 0 Å². The normalized spacial score (nSPS) is 12.1. The van der Waals surface area contributed by atoms with Gasteiger partial charge in [-0.1, -0.05) is 42.5 Å². The minimum atomic E-state index is -0.146. The summed E-state index contributed by atoms with van der Waals surface area (Å²) in [7, 11) is 4.05. The van der Waals surface area contributed by atoms with Crippen LogP contribution in [-0.4, -0.2) is 41.5 Å². The fourth-order valence-electron chi connectivity index (χ4n) is 4.77. The lowest BCUT2D eigenvalue weighted by atomic mass is 9.90. The molecule has 0 fully saturated rings. The van der Waals surface area contributed by atoms with Crippen LogP contribution >= 0.6 is 0 Å². The van der Waals surface area contributed by atoms with E-state index in [0.29, 0.717) is 42.5 Å². The summed E-state index contributed by atoms with van der Waals surface area (Å²) in [6, 6.07) is 24.0. The maximum absolute atomic E-state index is 12.8. The van der Waals surface area contributed by atoms with Crippen LogP contribution in [0, 0.1) is 0 Å². The number of carbonyl (C=O) groups is 1. The Bertz CT molecular complexity index is 1580. The molecule has 7 nitrogen and oxygen atoms in total. The van der Waals surface area contributed by atoms with Crippen molar-refractivity contribution < 1.29 is 4.79 Å². The molecule has 1 amide bonds. The van der Waals surface area contributed by atoms with E-state index in [1.54, 1.807) is 6.07 Å². The van der Waals surface area contributed by atoms with Crippen LogP contribution in [-0.2, 0) is 11.2 Å². The molecular formula is C30H31N5O2. The number of aromatic amines is 2. The largest absolute Gasteiger partial charge is 0.378 e. The zero-order valence-electron chi connectivity index (χ0n) is 21.1. The van der Waals surface area contributed by atoms with Gasteiger partial charge in [0.15, 0.2) is 0 Å². The first-order valence-corrected chi connectivity index (χ1v) is 12.6. The van der Waals surface area contributed by atoms with Gasteiger partial charge in [-0.05, 0) is 47.9 Å². The number of anilines is 1. The molecule has 0 aliphatic heterocycles. The molecule has 0 radical (unpaired) electrons. The molecular weight excluding hydrogens is 462 g/mol. The fourth-order valence-corrected chi connectivity index (χ4v) is 4.77. The molecule has 5 rings (SSSR count). The van der Waals surface area contributed by atoms with Crippen molar-refractivity contribution in [3.05, 3.63) is 106 Å². The molecule has 0 saturated carbocycles. The fraction of sp³-hybridized carbons (Fsp3) is 0.233. The highest BCUT2D eigenvalue weighted by Crippen LogP contribution is 2.31. The van der Waals surface area contributed by atoms with Gasteiger partial charge in [0, 0.05) is 62.2 Å². The molecule has 7 heteroatoms. The number of para-hydroxylation sites is 2. The first-order chi connectivity index (χ1) is 18.0. The van der Waals surface area contributed by atoms with Crippen LogP contribution in [0.3, 0.4) is 0 Å². The van der Waals surface area contributed by atoms with Gasteiger partial charge in [-0.25, -0.2) is 4.98 Å². The van der Waals surface area contributed by atoms with E-state index in [4.69, 9.17) is 0 Å². The Hall–Kier alpha value is -4.39. The zero-order chi connectivity index (χ0) is 25.8. The Morgan fingerprint density at radius 2 is 1.70 bits per heavy atom. The molecule has 1 atom stereocenters. The van der Waals surface area contributed by atoms with Crippen molar-refractivity contribution in [2.45, 2.75) is 25.2 Å². The molecule has 3 aromatic carbocycles. The molecule has 37 heavy (non-hydrogen) atoms. The van der Waals surface area contributed by atoms with Crippen LogP contribution < -0.4 is 15.8 Å². The smallest absolute Gasteiger partial charge is 0.258 e. The van der Waals surface area contributed by atoms with Crippen LogP contribution in [0.1, 0.15) is 35.7 Å². The number of rotatable bonds is 9. The first-order valence-electron chi connectivity index (χ1n) is 12.6. The number of nitrogens with one attached hydrogen (secondary N) is 3. The van der Waals surface area contributed by atoms with Crippen LogP contribution in [0.25, 0.3) is 21.8 Å². The topological polar surface area (TPSA) is 93.9 Å². The minimum Gasteiger partial charge on any atom is -0.378 e. The number of amides is 1. The number of H-pyrrole nitrogens is 2. The van der Waals surface area contributed by atoms with Gasteiger partial charge in [-0.15, -0.1) is 0 Å². The van der Waals surface area contributed by atoms with Crippen LogP contribution in [0.15, 0.2) is 83.8 Å². The lowest BCUT2D eigenvalue weighted by Crippen LogP contribution is -2.28. The van der Waals surface area contributed by atoms with E-state index in [1.165, 1.54) is 0 Å². The quantitative estimate of drug-likeness (QED) is 0.276. The molecule has 2 aromatic heterocycles. The summed E-state index contributed by atoms with van der Waals surface area (Å²) in [5, 5.41) is 4.88. The van der Waals surface area contributed by atoms with Gasteiger partial charge in [0.25, 0.3) is 5.56 Å². The van der Waals surface area contributed by atoms with E-state index >= 15 is 0 Å². The van der Waals surface area contributed by atoms with Crippen LogP contribution in [0.5, 0.6) is 0 Å². The summed E-state index contributed by atoms with van der Waals surface area (Å²) in [6.45, 7) is 0.493. The summed E-state index contributed by atoms with van der Waals surface area (Å²) < 4.78 is 0. The zero-order valence-corrected chi connectivity index (χ0v) is 21.1.